The van der Waals surface area contributed by atoms with Crippen LogP contribution in [0.25, 0.3) is 0 Å². The minimum atomic E-state index is -4.11. The van der Waals surface area contributed by atoms with Gasteiger partial charge in [-0.25, -0.2) is 0 Å². The molecule has 15 heavy (non-hydrogen) atoms. The maximum Gasteiger partial charge on any atom is 0.389 e. The molecule has 0 aromatic carbocycles. The van der Waals surface area contributed by atoms with E-state index in [0.29, 0.717) is 13.0 Å². The smallest absolute Gasteiger partial charge is 0.389 e. The predicted molar refractivity (Wildman–Crippen MR) is 49.5 cm³/mol. The lowest BCUT2D eigenvalue weighted by atomic mass is 10.0. The predicted octanol–water partition coefficient (Wildman–Crippen LogP) is 2.65. The van der Waals surface area contributed by atoms with Gasteiger partial charge >= 0.3 is 6.18 Å². The van der Waals surface area contributed by atoms with E-state index in [1.807, 2.05) is 0 Å². The minimum Gasteiger partial charge on any atom is -0.393 e. The molecule has 0 radical (unpaired) electrons. The quantitative estimate of drug-likeness (QED) is 0.780. The van der Waals surface area contributed by atoms with Crippen molar-refractivity contribution in [1.82, 2.24) is 0 Å². The Morgan fingerprint density at radius 1 is 1.40 bits per heavy atom. The molecule has 2 unspecified atom stereocenters. The van der Waals surface area contributed by atoms with Gasteiger partial charge in [-0.15, -0.1) is 0 Å². The average Bonchev–Trinajstić information content (AvgIpc) is 2.54. The van der Waals surface area contributed by atoms with Crippen LogP contribution in [0.1, 0.15) is 38.5 Å². The highest BCUT2D eigenvalue weighted by atomic mass is 19.4. The summed E-state index contributed by atoms with van der Waals surface area (Å²) in [6.07, 6.45) is -2.95. The van der Waals surface area contributed by atoms with Crippen LogP contribution >= 0.6 is 0 Å². The number of hydrogen-bond acceptors (Lipinski definition) is 2. The van der Waals surface area contributed by atoms with Gasteiger partial charge in [0.1, 0.15) is 0 Å². The number of aliphatic hydroxyl groups excluding tert-OH is 1. The van der Waals surface area contributed by atoms with Gasteiger partial charge in [0.05, 0.1) is 12.2 Å². The van der Waals surface area contributed by atoms with Crippen LogP contribution in [-0.2, 0) is 4.74 Å². The minimum absolute atomic E-state index is 0.00259. The van der Waals surface area contributed by atoms with E-state index in [2.05, 4.69) is 0 Å². The lowest BCUT2D eigenvalue weighted by Gasteiger charge is -2.15. The number of halogens is 3. The van der Waals surface area contributed by atoms with Gasteiger partial charge in [-0.1, -0.05) is 0 Å². The Bertz CT molecular complexity index is 176. The Labute approximate surface area is 87.4 Å². The Kier molecular flexibility index (Phi) is 4.86. The molecule has 0 aromatic heterocycles. The van der Waals surface area contributed by atoms with Crippen LogP contribution in [0.15, 0.2) is 0 Å². The molecule has 1 aliphatic rings. The van der Waals surface area contributed by atoms with E-state index in [9.17, 15) is 18.3 Å². The third kappa shape index (κ3) is 5.99. The second-order valence-corrected chi connectivity index (χ2v) is 4.03. The van der Waals surface area contributed by atoms with E-state index in [-0.39, 0.29) is 18.9 Å². The van der Waals surface area contributed by atoms with Gasteiger partial charge in [-0.05, 0) is 32.1 Å². The molecule has 1 aliphatic heterocycles. The molecule has 0 bridgehead atoms. The molecule has 1 fully saturated rings. The first-order chi connectivity index (χ1) is 6.97. The number of ether oxygens (including phenoxy) is 1. The zero-order chi connectivity index (χ0) is 11.3. The monoisotopic (exact) mass is 226 g/mol. The summed E-state index contributed by atoms with van der Waals surface area (Å²) < 4.78 is 40.7. The maximum absolute atomic E-state index is 11.8. The summed E-state index contributed by atoms with van der Waals surface area (Å²) in [5, 5.41) is 9.46. The molecule has 90 valence electrons. The van der Waals surface area contributed by atoms with Crippen LogP contribution in [0.5, 0.6) is 0 Å². The van der Waals surface area contributed by atoms with Crippen molar-refractivity contribution < 1.29 is 23.0 Å². The second kappa shape index (κ2) is 5.70. The fraction of sp³-hybridized carbons (Fsp3) is 1.00. The number of rotatable bonds is 5. The van der Waals surface area contributed by atoms with Gasteiger partial charge in [-0.3, -0.25) is 0 Å². The van der Waals surface area contributed by atoms with Gasteiger partial charge in [-0.2, -0.15) is 13.2 Å². The highest BCUT2D eigenvalue weighted by Gasteiger charge is 2.27. The normalized spacial score (nSPS) is 24.4. The summed E-state index contributed by atoms with van der Waals surface area (Å²) in [6, 6.07) is 0. The largest absolute Gasteiger partial charge is 0.393 e. The summed E-state index contributed by atoms with van der Waals surface area (Å²) in [5.41, 5.74) is 0. The molecule has 1 N–H and O–H groups in total. The topological polar surface area (TPSA) is 29.5 Å². The Balaban J connectivity index is 2.05. The molecule has 1 heterocycles. The molecule has 2 nitrogen and oxygen atoms in total. The van der Waals surface area contributed by atoms with Gasteiger partial charge < -0.3 is 9.84 Å². The van der Waals surface area contributed by atoms with Crippen molar-refractivity contribution in [2.24, 2.45) is 0 Å². The number of hydrogen-bond donors (Lipinski definition) is 1. The van der Waals surface area contributed by atoms with Crippen molar-refractivity contribution in [3.63, 3.8) is 0 Å². The zero-order valence-electron chi connectivity index (χ0n) is 8.59. The second-order valence-electron chi connectivity index (χ2n) is 4.03. The van der Waals surface area contributed by atoms with Gasteiger partial charge in [0.2, 0.25) is 0 Å². The molecule has 0 amide bonds. The maximum atomic E-state index is 11.8. The Hall–Kier alpha value is -0.290. The summed E-state index contributed by atoms with van der Waals surface area (Å²) in [6.45, 7) is 0.708. The molecule has 1 rings (SSSR count). The lowest BCUT2D eigenvalue weighted by molar-refractivity contribution is -0.136. The van der Waals surface area contributed by atoms with Crippen LogP contribution in [0.4, 0.5) is 13.2 Å². The zero-order valence-corrected chi connectivity index (χ0v) is 8.59. The van der Waals surface area contributed by atoms with Crippen molar-refractivity contribution in [3.8, 4) is 0 Å². The molecule has 0 aromatic rings. The summed E-state index contributed by atoms with van der Waals surface area (Å²) in [4.78, 5) is 0. The van der Waals surface area contributed by atoms with Gasteiger partial charge in [0.15, 0.2) is 0 Å². The molecule has 2 atom stereocenters. The van der Waals surface area contributed by atoms with Gasteiger partial charge in [0.25, 0.3) is 0 Å². The van der Waals surface area contributed by atoms with Crippen LogP contribution in [0.3, 0.4) is 0 Å². The Morgan fingerprint density at radius 3 is 2.67 bits per heavy atom. The van der Waals surface area contributed by atoms with Crippen molar-refractivity contribution in [2.75, 3.05) is 6.61 Å². The molecule has 5 heteroatoms. The number of aliphatic hydroxyl groups is 1. The highest BCUT2D eigenvalue weighted by molar-refractivity contribution is 4.70. The molecule has 0 aliphatic carbocycles. The molecular formula is C10H17F3O2. The lowest BCUT2D eigenvalue weighted by Crippen LogP contribution is -2.18. The first-order valence-corrected chi connectivity index (χ1v) is 5.34. The molecule has 0 saturated carbocycles. The highest BCUT2D eigenvalue weighted by Crippen LogP contribution is 2.24. The van der Waals surface area contributed by atoms with Crippen molar-refractivity contribution in [2.45, 2.75) is 56.9 Å². The Morgan fingerprint density at radius 2 is 2.13 bits per heavy atom. The van der Waals surface area contributed by atoms with E-state index in [1.54, 1.807) is 0 Å². The third-order valence-corrected chi connectivity index (χ3v) is 2.56. The first kappa shape index (κ1) is 12.8. The summed E-state index contributed by atoms with van der Waals surface area (Å²) in [7, 11) is 0. The first-order valence-electron chi connectivity index (χ1n) is 5.34. The van der Waals surface area contributed by atoms with E-state index in [0.717, 1.165) is 12.8 Å². The fourth-order valence-electron chi connectivity index (χ4n) is 1.79. The van der Waals surface area contributed by atoms with E-state index < -0.39 is 18.7 Å². The standard InChI is InChI=1S/C10H17F3O2/c11-10(12,13)5-1-3-8(14)7-9-4-2-6-15-9/h8-9,14H,1-7H2. The van der Waals surface area contributed by atoms with Crippen molar-refractivity contribution in [3.05, 3.63) is 0 Å². The van der Waals surface area contributed by atoms with E-state index in [4.69, 9.17) is 4.74 Å². The molecule has 1 saturated heterocycles. The van der Waals surface area contributed by atoms with E-state index >= 15 is 0 Å². The third-order valence-electron chi connectivity index (χ3n) is 2.56. The average molecular weight is 226 g/mol. The van der Waals surface area contributed by atoms with Gasteiger partial charge in [0, 0.05) is 13.0 Å². The van der Waals surface area contributed by atoms with Crippen molar-refractivity contribution in [1.29, 1.82) is 0 Å². The van der Waals surface area contributed by atoms with Crippen LogP contribution in [0, 0.1) is 0 Å². The van der Waals surface area contributed by atoms with Crippen LogP contribution in [0.2, 0.25) is 0 Å². The van der Waals surface area contributed by atoms with Crippen LogP contribution < -0.4 is 0 Å². The van der Waals surface area contributed by atoms with Crippen molar-refractivity contribution >= 4 is 0 Å². The molecule has 0 spiro atoms. The molecular weight excluding hydrogens is 209 g/mol. The number of alkyl halides is 3. The summed E-state index contributed by atoms with van der Waals surface area (Å²) >= 11 is 0. The fourth-order valence-corrected chi connectivity index (χ4v) is 1.79. The van der Waals surface area contributed by atoms with E-state index in [1.165, 1.54) is 0 Å². The van der Waals surface area contributed by atoms with Crippen LogP contribution in [-0.4, -0.2) is 30.1 Å². The SMILES string of the molecule is OC(CCCC(F)(F)F)CC1CCCO1. The summed E-state index contributed by atoms with van der Waals surface area (Å²) in [5.74, 6) is 0.